The summed E-state index contributed by atoms with van der Waals surface area (Å²) in [6.45, 7) is 4.80. The minimum absolute atomic E-state index is 0.0569. The largest absolute Gasteiger partial charge is 0.472 e. The normalized spacial score (nSPS) is 14.4. The predicted octanol–water partition coefficient (Wildman–Crippen LogP) is 15.0. The SMILES string of the molecule is CCCCCCCC/C=C/CCCCCCCCCCCCCCCC(=O)N[C@@H](COP(=O)(O)OCC[N+](C)(C)C)[C@H](O)/C=C/CC/C=C/CCCCCCCCCCCC. The molecule has 1 amide bonds. The Morgan fingerprint density at radius 2 is 0.902 bits per heavy atom. The van der Waals surface area contributed by atoms with Crippen LogP contribution < -0.4 is 5.32 Å². The maximum Gasteiger partial charge on any atom is 0.472 e. The molecule has 0 saturated carbocycles. The highest BCUT2D eigenvalue weighted by Crippen LogP contribution is 2.43. The number of aliphatic hydroxyl groups is 1. The van der Waals surface area contributed by atoms with Crippen molar-refractivity contribution < 1.29 is 32.9 Å². The van der Waals surface area contributed by atoms with Crippen molar-refractivity contribution in [2.24, 2.45) is 0 Å². The topological polar surface area (TPSA) is 105 Å². The quantitative estimate of drug-likeness (QED) is 0.0243. The van der Waals surface area contributed by atoms with E-state index in [0.717, 1.165) is 38.5 Å². The number of quaternary nitrogens is 1. The standard InChI is InChI=1S/C52H101N2O6P/c1-6-8-10-12-14-16-18-20-22-24-25-26-27-28-29-30-32-34-36-38-40-42-44-46-52(56)53-50(49-60-61(57,58)59-48-47-54(3,4)5)51(55)45-43-41-39-37-35-33-31-23-21-19-17-15-13-11-9-7-2/h20,22,35,37,43,45,50-51,55H,6-19,21,23-34,36,38-42,44,46-49H2,1-5H3,(H-,53,56,57,58)/p+1/b22-20+,37-35+,45-43+/t50-,51+/m0/s1. The Morgan fingerprint density at radius 1 is 0.541 bits per heavy atom. The summed E-state index contributed by atoms with van der Waals surface area (Å²) in [7, 11) is 1.56. The van der Waals surface area contributed by atoms with E-state index in [4.69, 9.17) is 9.05 Å². The van der Waals surface area contributed by atoms with Crippen LogP contribution in [0.3, 0.4) is 0 Å². The van der Waals surface area contributed by atoms with Crippen molar-refractivity contribution in [3.8, 4) is 0 Å². The third-order valence-corrected chi connectivity index (χ3v) is 12.6. The van der Waals surface area contributed by atoms with Crippen molar-refractivity contribution in [2.75, 3.05) is 40.9 Å². The molecular weight excluding hydrogens is 780 g/mol. The van der Waals surface area contributed by atoms with Crippen LogP contribution in [0.25, 0.3) is 0 Å². The summed E-state index contributed by atoms with van der Waals surface area (Å²) < 4.78 is 23.6. The lowest BCUT2D eigenvalue weighted by Gasteiger charge is -2.25. The molecule has 360 valence electrons. The van der Waals surface area contributed by atoms with Crippen LogP contribution in [0.5, 0.6) is 0 Å². The van der Waals surface area contributed by atoms with Gasteiger partial charge in [0.05, 0.1) is 39.9 Å². The Bertz CT molecular complexity index is 1090. The Labute approximate surface area is 378 Å². The summed E-state index contributed by atoms with van der Waals surface area (Å²) in [6, 6.07) is -0.861. The third kappa shape index (κ3) is 46.5. The van der Waals surface area contributed by atoms with Gasteiger partial charge >= 0.3 is 7.82 Å². The van der Waals surface area contributed by atoms with Gasteiger partial charge in [-0.05, 0) is 57.8 Å². The number of aliphatic hydroxyl groups excluding tert-OH is 1. The number of phosphoric acid groups is 1. The number of nitrogens with zero attached hydrogens (tertiary/aromatic N) is 1. The second-order valence-electron chi connectivity index (χ2n) is 18.9. The molecule has 1 unspecified atom stereocenters. The number of carbonyl (C=O) groups is 1. The maximum absolute atomic E-state index is 12.9. The van der Waals surface area contributed by atoms with Gasteiger partial charge in [0.1, 0.15) is 13.2 Å². The van der Waals surface area contributed by atoms with Gasteiger partial charge in [0, 0.05) is 6.42 Å². The number of carbonyl (C=O) groups excluding carboxylic acids is 1. The van der Waals surface area contributed by atoms with Crippen LogP contribution in [0.15, 0.2) is 36.5 Å². The fraction of sp³-hybridized carbons (Fsp3) is 0.865. The molecule has 3 atom stereocenters. The first-order chi connectivity index (χ1) is 29.5. The van der Waals surface area contributed by atoms with E-state index in [1.54, 1.807) is 6.08 Å². The van der Waals surface area contributed by atoms with E-state index in [0.29, 0.717) is 17.4 Å². The van der Waals surface area contributed by atoms with Gasteiger partial charge in [0.15, 0.2) is 0 Å². The molecule has 3 N–H and O–H groups in total. The Hall–Kier alpha value is -1.28. The smallest absolute Gasteiger partial charge is 0.387 e. The van der Waals surface area contributed by atoms with Crippen molar-refractivity contribution in [1.29, 1.82) is 0 Å². The highest BCUT2D eigenvalue weighted by Gasteiger charge is 2.27. The number of hydrogen-bond acceptors (Lipinski definition) is 5. The minimum Gasteiger partial charge on any atom is -0.387 e. The Kier molecular flexibility index (Phi) is 43.0. The monoisotopic (exact) mass is 882 g/mol. The van der Waals surface area contributed by atoms with Crippen LogP contribution in [0.1, 0.15) is 239 Å². The lowest BCUT2D eigenvalue weighted by atomic mass is 10.0. The van der Waals surface area contributed by atoms with Crippen LogP contribution in [0, 0.1) is 0 Å². The predicted molar refractivity (Wildman–Crippen MR) is 263 cm³/mol. The van der Waals surface area contributed by atoms with Gasteiger partial charge < -0.3 is 19.8 Å². The summed E-state index contributed by atoms with van der Waals surface area (Å²) in [5, 5.41) is 13.9. The van der Waals surface area contributed by atoms with Crippen LogP contribution in [0.4, 0.5) is 0 Å². The highest BCUT2D eigenvalue weighted by atomic mass is 31.2. The van der Waals surface area contributed by atoms with Crippen molar-refractivity contribution >= 4 is 13.7 Å². The Balaban J connectivity index is 4.29. The molecular formula is C52H102N2O6P+. The Morgan fingerprint density at radius 3 is 1.31 bits per heavy atom. The minimum atomic E-state index is -4.35. The number of likely N-dealkylation sites (N-methyl/N-ethyl adjacent to an activating group) is 1. The fourth-order valence-electron chi connectivity index (χ4n) is 7.46. The van der Waals surface area contributed by atoms with Crippen LogP contribution in [-0.4, -0.2) is 73.4 Å². The molecule has 0 aliphatic heterocycles. The van der Waals surface area contributed by atoms with Gasteiger partial charge in [-0.1, -0.05) is 211 Å². The van der Waals surface area contributed by atoms with Crippen molar-refractivity contribution in [3.05, 3.63) is 36.5 Å². The molecule has 0 fully saturated rings. The van der Waals surface area contributed by atoms with Gasteiger partial charge in [-0.15, -0.1) is 0 Å². The number of nitrogens with one attached hydrogen (secondary N) is 1. The molecule has 0 radical (unpaired) electrons. The summed E-state index contributed by atoms with van der Waals surface area (Å²) in [5.74, 6) is -0.186. The average Bonchev–Trinajstić information content (AvgIpc) is 3.21. The van der Waals surface area contributed by atoms with Crippen LogP contribution >= 0.6 is 7.82 Å². The first kappa shape index (κ1) is 59.7. The highest BCUT2D eigenvalue weighted by molar-refractivity contribution is 7.47. The number of hydrogen-bond donors (Lipinski definition) is 3. The van der Waals surface area contributed by atoms with E-state index in [1.807, 2.05) is 27.2 Å². The molecule has 0 aliphatic rings. The van der Waals surface area contributed by atoms with Crippen LogP contribution in [0.2, 0.25) is 0 Å². The number of allylic oxidation sites excluding steroid dienone is 5. The zero-order valence-corrected chi connectivity index (χ0v) is 41.8. The summed E-state index contributed by atoms with van der Waals surface area (Å²) in [5.41, 5.74) is 0. The lowest BCUT2D eigenvalue weighted by molar-refractivity contribution is -0.870. The van der Waals surface area contributed by atoms with Crippen molar-refractivity contribution in [3.63, 3.8) is 0 Å². The van der Waals surface area contributed by atoms with E-state index in [-0.39, 0.29) is 19.1 Å². The van der Waals surface area contributed by atoms with Gasteiger partial charge in [-0.2, -0.15) is 0 Å². The van der Waals surface area contributed by atoms with E-state index < -0.39 is 20.0 Å². The van der Waals surface area contributed by atoms with Crippen molar-refractivity contribution in [1.82, 2.24) is 5.32 Å². The third-order valence-electron chi connectivity index (χ3n) is 11.6. The second kappa shape index (κ2) is 43.9. The van der Waals surface area contributed by atoms with Gasteiger partial charge in [0.25, 0.3) is 0 Å². The number of amides is 1. The van der Waals surface area contributed by atoms with E-state index >= 15 is 0 Å². The molecule has 0 heterocycles. The van der Waals surface area contributed by atoms with E-state index in [1.165, 1.54) is 180 Å². The molecule has 61 heavy (non-hydrogen) atoms. The maximum atomic E-state index is 12.9. The zero-order chi connectivity index (χ0) is 45.0. The van der Waals surface area contributed by atoms with Gasteiger partial charge in [-0.25, -0.2) is 4.57 Å². The average molecular weight is 882 g/mol. The first-order valence-corrected chi connectivity index (χ1v) is 27.4. The summed E-state index contributed by atoms with van der Waals surface area (Å²) >= 11 is 0. The van der Waals surface area contributed by atoms with E-state index in [9.17, 15) is 19.4 Å². The lowest BCUT2D eigenvalue weighted by Crippen LogP contribution is -2.45. The molecule has 0 saturated heterocycles. The molecule has 0 aliphatic carbocycles. The number of phosphoric ester groups is 1. The molecule has 0 aromatic heterocycles. The molecule has 0 rings (SSSR count). The summed E-state index contributed by atoms with van der Waals surface area (Å²) in [6.07, 6.45) is 55.1. The number of rotatable bonds is 47. The number of unbranched alkanes of at least 4 members (excludes halogenated alkanes) is 30. The zero-order valence-electron chi connectivity index (χ0n) is 40.9. The molecule has 0 spiro atoms. The molecule has 9 heteroatoms. The van der Waals surface area contributed by atoms with Crippen molar-refractivity contribution in [2.45, 2.75) is 251 Å². The molecule has 8 nitrogen and oxygen atoms in total. The van der Waals surface area contributed by atoms with Gasteiger partial charge in [-0.3, -0.25) is 13.8 Å². The van der Waals surface area contributed by atoms with E-state index in [2.05, 4.69) is 43.5 Å². The van der Waals surface area contributed by atoms with Gasteiger partial charge in [0.2, 0.25) is 5.91 Å². The molecule has 0 aromatic rings. The van der Waals surface area contributed by atoms with Crippen LogP contribution in [-0.2, 0) is 18.4 Å². The second-order valence-corrected chi connectivity index (χ2v) is 20.3. The summed E-state index contributed by atoms with van der Waals surface area (Å²) in [4.78, 5) is 23.2. The fourth-order valence-corrected chi connectivity index (χ4v) is 8.20. The first-order valence-electron chi connectivity index (χ1n) is 25.9. The molecule has 0 bridgehead atoms. The molecule has 0 aromatic carbocycles.